The summed E-state index contributed by atoms with van der Waals surface area (Å²) in [6.45, 7) is 2.70. The maximum absolute atomic E-state index is 12.1. The third-order valence-corrected chi connectivity index (χ3v) is 4.22. The zero-order valence-corrected chi connectivity index (χ0v) is 11.3. The van der Waals surface area contributed by atoms with Crippen LogP contribution < -0.4 is 10.0 Å². The molecule has 0 radical (unpaired) electrons. The topological polar surface area (TPSA) is 58.2 Å². The van der Waals surface area contributed by atoms with Gasteiger partial charge in [-0.15, -0.1) is 0 Å². The molecule has 1 aromatic carbocycles. The van der Waals surface area contributed by atoms with Gasteiger partial charge in [0.2, 0.25) is 5.91 Å². The standard InChI is InChI=1S/C13H18N2O2S/c1-10-5-7-11(8-6-10)18(17)15-12-4-2-3-9-14-13(12)16/h5-8,12,15H,2-4,9H2,1H3,(H,14,16). The van der Waals surface area contributed by atoms with Crippen LogP contribution >= 0.6 is 0 Å². The van der Waals surface area contributed by atoms with Crippen LogP contribution in [0.15, 0.2) is 29.2 Å². The van der Waals surface area contributed by atoms with Gasteiger partial charge in [0.15, 0.2) is 0 Å². The van der Waals surface area contributed by atoms with Crippen molar-refractivity contribution >= 4 is 16.9 Å². The molecule has 1 aliphatic rings. The molecule has 0 aliphatic carbocycles. The van der Waals surface area contributed by atoms with Gasteiger partial charge in [-0.25, -0.2) is 8.93 Å². The van der Waals surface area contributed by atoms with E-state index in [1.807, 2.05) is 31.2 Å². The van der Waals surface area contributed by atoms with E-state index in [1.165, 1.54) is 0 Å². The van der Waals surface area contributed by atoms with Crippen LogP contribution in [0, 0.1) is 6.92 Å². The van der Waals surface area contributed by atoms with Crippen LogP contribution in [0.1, 0.15) is 24.8 Å². The molecule has 1 aliphatic heterocycles. The molecule has 18 heavy (non-hydrogen) atoms. The predicted octanol–water partition coefficient (Wildman–Crippen LogP) is 1.28. The van der Waals surface area contributed by atoms with Gasteiger partial charge in [0.1, 0.15) is 11.0 Å². The summed E-state index contributed by atoms with van der Waals surface area (Å²) in [6, 6.07) is 7.14. The smallest absolute Gasteiger partial charge is 0.238 e. The number of benzene rings is 1. The first-order chi connectivity index (χ1) is 8.66. The Labute approximate surface area is 110 Å². The minimum atomic E-state index is -1.33. The maximum atomic E-state index is 12.1. The van der Waals surface area contributed by atoms with Crippen LogP contribution in [0.25, 0.3) is 0 Å². The lowest BCUT2D eigenvalue weighted by Gasteiger charge is -2.14. The highest BCUT2D eigenvalue weighted by Gasteiger charge is 2.22. The fourth-order valence-electron chi connectivity index (χ4n) is 1.91. The van der Waals surface area contributed by atoms with E-state index in [0.29, 0.717) is 11.4 Å². The fourth-order valence-corrected chi connectivity index (χ4v) is 2.91. The number of carbonyl (C=O) groups is 1. The van der Waals surface area contributed by atoms with Crippen molar-refractivity contribution in [2.75, 3.05) is 6.54 Å². The average molecular weight is 266 g/mol. The highest BCUT2D eigenvalue weighted by molar-refractivity contribution is 7.83. The molecule has 0 spiro atoms. The third-order valence-electron chi connectivity index (χ3n) is 3.02. The van der Waals surface area contributed by atoms with Gasteiger partial charge >= 0.3 is 0 Å². The van der Waals surface area contributed by atoms with Crippen LogP contribution in [0.4, 0.5) is 0 Å². The van der Waals surface area contributed by atoms with E-state index in [0.717, 1.165) is 24.8 Å². The Morgan fingerprint density at radius 2 is 2.00 bits per heavy atom. The first-order valence-electron chi connectivity index (χ1n) is 6.19. The Bertz CT molecular complexity index is 445. The molecule has 2 N–H and O–H groups in total. The van der Waals surface area contributed by atoms with Crippen molar-refractivity contribution < 1.29 is 9.00 Å². The van der Waals surface area contributed by atoms with Gasteiger partial charge in [-0.1, -0.05) is 17.7 Å². The normalized spacial score (nSPS) is 22.1. The molecule has 2 rings (SSSR count). The SMILES string of the molecule is Cc1ccc(S(=O)NC2CCCCNC2=O)cc1. The molecule has 98 valence electrons. The average Bonchev–Trinajstić information content (AvgIpc) is 2.56. The minimum Gasteiger partial charge on any atom is -0.355 e. The van der Waals surface area contributed by atoms with Crippen molar-refractivity contribution in [2.24, 2.45) is 0 Å². The highest BCUT2D eigenvalue weighted by Crippen LogP contribution is 2.10. The molecule has 1 heterocycles. The number of hydrogen-bond acceptors (Lipinski definition) is 2. The van der Waals surface area contributed by atoms with E-state index < -0.39 is 11.0 Å². The Kier molecular flexibility index (Phi) is 4.49. The second kappa shape index (κ2) is 6.11. The van der Waals surface area contributed by atoms with Gasteiger partial charge in [-0.3, -0.25) is 4.79 Å². The highest BCUT2D eigenvalue weighted by atomic mass is 32.2. The number of hydrogen-bond donors (Lipinski definition) is 2. The summed E-state index contributed by atoms with van der Waals surface area (Å²) in [5.74, 6) is -0.0482. The first kappa shape index (κ1) is 13.2. The van der Waals surface area contributed by atoms with E-state index in [-0.39, 0.29) is 11.9 Å². The first-order valence-corrected chi connectivity index (χ1v) is 7.34. The zero-order chi connectivity index (χ0) is 13.0. The van der Waals surface area contributed by atoms with Gasteiger partial charge < -0.3 is 5.32 Å². The summed E-state index contributed by atoms with van der Waals surface area (Å²) < 4.78 is 15.0. The van der Waals surface area contributed by atoms with Crippen LogP contribution in [0.5, 0.6) is 0 Å². The molecular weight excluding hydrogens is 248 g/mol. The van der Waals surface area contributed by atoms with Gasteiger partial charge in [-0.05, 0) is 38.3 Å². The lowest BCUT2D eigenvalue weighted by molar-refractivity contribution is -0.122. The molecule has 2 atom stereocenters. The molecule has 0 aromatic heterocycles. The molecular formula is C13H18N2O2S. The Balaban J connectivity index is 2.01. The summed E-state index contributed by atoms with van der Waals surface area (Å²) in [5.41, 5.74) is 1.13. The zero-order valence-electron chi connectivity index (χ0n) is 10.4. The Hall–Kier alpha value is -1.20. The van der Waals surface area contributed by atoms with E-state index in [4.69, 9.17) is 0 Å². The Morgan fingerprint density at radius 1 is 1.28 bits per heavy atom. The van der Waals surface area contributed by atoms with Crippen molar-refractivity contribution in [3.8, 4) is 0 Å². The number of nitrogens with one attached hydrogen (secondary N) is 2. The van der Waals surface area contributed by atoms with Crippen LogP contribution in [-0.4, -0.2) is 22.7 Å². The van der Waals surface area contributed by atoms with Crippen LogP contribution in [-0.2, 0) is 15.8 Å². The summed E-state index contributed by atoms with van der Waals surface area (Å²) in [7, 11) is -1.33. The molecule has 1 aromatic rings. The largest absolute Gasteiger partial charge is 0.355 e. The van der Waals surface area contributed by atoms with Gasteiger partial charge in [-0.2, -0.15) is 0 Å². The van der Waals surface area contributed by atoms with Gasteiger partial charge in [0.05, 0.1) is 10.9 Å². The Morgan fingerprint density at radius 3 is 2.72 bits per heavy atom. The second-order valence-electron chi connectivity index (χ2n) is 4.54. The van der Waals surface area contributed by atoms with E-state index in [9.17, 15) is 9.00 Å². The molecule has 1 amide bonds. The van der Waals surface area contributed by atoms with Crippen molar-refractivity contribution in [3.63, 3.8) is 0 Å². The number of aryl methyl sites for hydroxylation is 1. The molecule has 0 saturated carbocycles. The van der Waals surface area contributed by atoms with Crippen LogP contribution in [0.2, 0.25) is 0 Å². The molecule has 0 bridgehead atoms. The molecule has 5 heteroatoms. The minimum absolute atomic E-state index is 0.0482. The summed E-state index contributed by atoms with van der Waals surface area (Å²) in [4.78, 5) is 12.4. The lowest BCUT2D eigenvalue weighted by atomic mass is 10.1. The quantitative estimate of drug-likeness (QED) is 0.866. The van der Waals surface area contributed by atoms with E-state index >= 15 is 0 Å². The van der Waals surface area contributed by atoms with Gasteiger partial charge in [0, 0.05) is 6.54 Å². The lowest BCUT2D eigenvalue weighted by Crippen LogP contribution is -2.43. The number of rotatable bonds is 3. The molecule has 1 fully saturated rings. The monoisotopic (exact) mass is 266 g/mol. The van der Waals surface area contributed by atoms with Crippen molar-refractivity contribution in [2.45, 2.75) is 37.1 Å². The number of amides is 1. The summed E-state index contributed by atoms with van der Waals surface area (Å²) in [5, 5.41) is 2.82. The summed E-state index contributed by atoms with van der Waals surface area (Å²) in [6.07, 6.45) is 2.70. The van der Waals surface area contributed by atoms with Crippen molar-refractivity contribution in [1.82, 2.24) is 10.0 Å². The van der Waals surface area contributed by atoms with E-state index in [2.05, 4.69) is 10.0 Å². The van der Waals surface area contributed by atoms with Gasteiger partial charge in [0.25, 0.3) is 0 Å². The molecule has 2 unspecified atom stereocenters. The third kappa shape index (κ3) is 3.40. The predicted molar refractivity (Wildman–Crippen MR) is 71.4 cm³/mol. The maximum Gasteiger partial charge on any atom is 0.238 e. The fraction of sp³-hybridized carbons (Fsp3) is 0.462. The molecule has 4 nitrogen and oxygen atoms in total. The second-order valence-corrected chi connectivity index (χ2v) is 5.78. The van der Waals surface area contributed by atoms with Crippen LogP contribution in [0.3, 0.4) is 0 Å². The van der Waals surface area contributed by atoms with E-state index in [1.54, 1.807) is 0 Å². The van der Waals surface area contributed by atoms with Crippen molar-refractivity contribution in [1.29, 1.82) is 0 Å². The molecule has 1 saturated heterocycles. The number of carbonyl (C=O) groups excluding carboxylic acids is 1. The van der Waals surface area contributed by atoms with Crippen molar-refractivity contribution in [3.05, 3.63) is 29.8 Å². The summed E-state index contributed by atoms with van der Waals surface area (Å²) >= 11 is 0.